The number of anilines is 6. The summed E-state index contributed by atoms with van der Waals surface area (Å²) in [6, 6.07) is 11.7. The van der Waals surface area contributed by atoms with Gasteiger partial charge in [0.05, 0.1) is 17.6 Å². The minimum Gasteiger partial charge on any atom is -0.460 e. The van der Waals surface area contributed by atoms with Gasteiger partial charge in [-0.2, -0.15) is 9.97 Å². The van der Waals surface area contributed by atoms with Gasteiger partial charge in [-0.05, 0) is 105 Å². The fraction of sp³-hybridized carbons (Fsp3) is 0.378. The first-order valence-electron chi connectivity index (χ1n) is 16.2. The maximum atomic E-state index is 13.4. The largest absolute Gasteiger partial charge is 0.460 e. The van der Waals surface area contributed by atoms with Gasteiger partial charge in [0, 0.05) is 57.6 Å². The first-order valence-corrected chi connectivity index (χ1v) is 16.2. The normalized spacial score (nSPS) is 11.8. The Balaban J connectivity index is 1.29. The third kappa shape index (κ3) is 7.84. The molecular formula is C37H47N9O2. The summed E-state index contributed by atoms with van der Waals surface area (Å²) in [7, 11) is 0. The third-order valence-electron chi connectivity index (χ3n) is 8.01. The van der Waals surface area contributed by atoms with Crippen LogP contribution < -0.4 is 20.9 Å². The van der Waals surface area contributed by atoms with Crippen molar-refractivity contribution in [2.24, 2.45) is 0 Å². The number of nitrogens with one attached hydrogen (secondary N) is 4. The summed E-state index contributed by atoms with van der Waals surface area (Å²) < 4.78 is 5.84. The number of aromatic amines is 1. The number of carbonyl (C=O) groups excluding carboxylic acids is 1. The molecule has 0 spiro atoms. The highest BCUT2D eigenvalue weighted by molar-refractivity contribution is 5.95. The predicted octanol–water partition coefficient (Wildman–Crippen LogP) is 8.14. The van der Waals surface area contributed by atoms with Gasteiger partial charge in [-0.3, -0.25) is 0 Å². The number of rotatable bonds is 10. The van der Waals surface area contributed by atoms with Crippen molar-refractivity contribution in [3.8, 4) is 0 Å². The summed E-state index contributed by atoms with van der Waals surface area (Å²) in [5.74, 6) is 2.06. The van der Waals surface area contributed by atoms with Crippen LogP contribution in [0.2, 0.25) is 0 Å². The van der Waals surface area contributed by atoms with Crippen LogP contribution in [0.1, 0.15) is 74.2 Å². The van der Waals surface area contributed by atoms with Gasteiger partial charge in [0.1, 0.15) is 18.2 Å². The van der Waals surface area contributed by atoms with Crippen molar-refractivity contribution < 1.29 is 9.53 Å². The van der Waals surface area contributed by atoms with E-state index in [4.69, 9.17) is 9.72 Å². The van der Waals surface area contributed by atoms with Crippen molar-refractivity contribution in [1.82, 2.24) is 24.9 Å². The number of hydrogen-bond donors (Lipinski definition) is 4. The molecule has 0 bridgehead atoms. The first kappa shape index (κ1) is 34.2. The SMILES string of the molecule is Cc1cnc(NC(C)(C)C)nc1Nc1cccc(C(=O)OCCN(c2ncc(C)c(Nc3ccc(C)c4[nH]ccc34)n2)C(C)(C)C)c1C. The smallest absolute Gasteiger partial charge is 0.338 e. The Kier molecular flexibility index (Phi) is 9.61. The minimum absolute atomic E-state index is 0.155. The number of nitrogens with zero attached hydrogens (tertiary/aromatic N) is 5. The van der Waals surface area contributed by atoms with Crippen molar-refractivity contribution in [3.63, 3.8) is 0 Å². The lowest BCUT2D eigenvalue weighted by molar-refractivity contribution is 0.0510. The van der Waals surface area contributed by atoms with Crippen molar-refractivity contribution in [3.05, 3.63) is 82.8 Å². The zero-order valence-electron chi connectivity index (χ0n) is 29.7. The molecule has 0 saturated carbocycles. The topological polar surface area (TPSA) is 133 Å². The molecule has 11 nitrogen and oxygen atoms in total. The Hall–Kier alpha value is -5.19. The fourth-order valence-electron chi connectivity index (χ4n) is 5.35. The third-order valence-corrected chi connectivity index (χ3v) is 8.01. The molecule has 3 aromatic heterocycles. The van der Waals surface area contributed by atoms with Crippen LogP contribution in [0.4, 0.5) is 34.9 Å². The van der Waals surface area contributed by atoms with Crippen LogP contribution in [0, 0.1) is 27.7 Å². The Labute approximate surface area is 283 Å². The van der Waals surface area contributed by atoms with E-state index in [1.807, 2.05) is 45.3 Å². The lowest BCUT2D eigenvalue weighted by atomic mass is 10.1. The molecule has 0 unspecified atom stereocenters. The number of hydrogen-bond acceptors (Lipinski definition) is 10. The number of aromatic nitrogens is 5. The van der Waals surface area contributed by atoms with Crippen LogP contribution in [-0.4, -0.2) is 55.1 Å². The summed E-state index contributed by atoms with van der Waals surface area (Å²) in [6.07, 6.45) is 5.54. The molecule has 11 heteroatoms. The highest BCUT2D eigenvalue weighted by Gasteiger charge is 2.26. The summed E-state index contributed by atoms with van der Waals surface area (Å²) in [5, 5.41) is 11.3. The van der Waals surface area contributed by atoms with Crippen LogP contribution in [-0.2, 0) is 4.74 Å². The fourth-order valence-corrected chi connectivity index (χ4v) is 5.35. The van der Waals surface area contributed by atoms with E-state index < -0.39 is 5.97 Å². The highest BCUT2D eigenvalue weighted by Crippen LogP contribution is 2.30. The van der Waals surface area contributed by atoms with Gasteiger partial charge in [-0.15, -0.1) is 0 Å². The Morgan fingerprint density at radius 2 is 1.52 bits per heavy atom. The van der Waals surface area contributed by atoms with Gasteiger partial charge in [0.25, 0.3) is 0 Å². The maximum Gasteiger partial charge on any atom is 0.338 e. The first-order chi connectivity index (χ1) is 22.6. The van der Waals surface area contributed by atoms with E-state index in [-0.39, 0.29) is 17.7 Å². The molecule has 0 amide bonds. The van der Waals surface area contributed by atoms with Crippen molar-refractivity contribution in [1.29, 1.82) is 0 Å². The van der Waals surface area contributed by atoms with E-state index in [0.29, 0.717) is 29.8 Å². The average molecular weight is 650 g/mol. The second kappa shape index (κ2) is 13.5. The van der Waals surface area contributed by atoms with E-state index in [0.717, 1.165) is 44.8 Å². The summed E-state index contributed by atoms with van der Waals surface area (Å²) >= 11 is 0. The molecular weight excluding hydrogens is 602 g/mol. The van der Waals surface area contributed by atoms with Crippen molar-refractivity contribution >= 4 is 51.8 Å². The lowest BCUT2D eigenvalue weighted by Crippen LogP contribution is -2.44. The molecule has 0 aliphatic heterocycles. The van der Waals surface area contributed by atoms with Gasteiger partial charge >= 0.3 is 5.97 Å². The number of fused-ring (bicyclic) bond motifs is 1. The highest BCUT2D eigenvalue weighted by atomic mass is 16.5. The van der Waals surface area contributed by atoms with Crippen LogP contribution >= 0.6 is 0 Å². The molecule has 2 aromatic carbocycles. The van der Waals surface area contributed by atoms with Gasteiger partial charge in [0.15, 0.2) is 0 Å². The molecule has 0 fully saturated rings. The van der Waals surface area contributed by atoms with Gasteiger partial charge in [-0.25, -0.2) is 14.8 Å². The number of H-pyrrole nitrogens is 1. The zero-order valence-corrected chi connectivity index (χ0v) is 29.7. The molecule has 4 N–H and O–H groups in total. The van der Waals surface area contributed by atoms with Crippen molar-refractivity contribution in [2.75, 3.05) is 34.0 Å². The second-order valence-corrected chi connectivity index (χ2v) is 14.2. The summed E-state index contributed by atoms with van der Waals surface area (Å²) in [6.45, 7) is 20.9. The predicted molar refractivity (Wildman–Crippen MR) is 195 cm³/mol. The summed E-state index contributed by atoms with van der Waals surface area (Å²) in [4.78, 5) is 37.4. The van der Waals surface area contributed by atoms with E-state index in [1.54, 1.807) is 12.3 Å². The molecule has 5 rings (SSSR count). The Morgan fingerprint density at radius 3 is 2.23 bits per heavy atom. The van der Waals surface area contributed by atoms with Crippen LogP contribution in [0.5, 0.6) is 0 Å². The molecule has 0 radical (unpaired) electrons. The van der Waals surface area contributed by atoms with E-state index in [1.165, 1.54) is 5.56 Å². The molecule has 0 saturated heterocycles. The molecule has 3 heterocycles. The maximum absolute atomic E-state index is 13.4. The average Bonchev–Trinajstić information content (AvgIpc) is 3.51. The van der Waals surface area contributed by atoms with Crippen molar-refractivity contribution in [2.45, 2.75) is 80.3 Å². The number of aryl methyl sites for hydroxylation is 3. The van der Waals surface area contributed by atoms with E-state index in [2.05, 4.69) is 107 Å². The number of carbonyl (C=O) groups is 1. The van der Waals surface area contributed by atoms with E-state index in [9.17, 15) is 4.79 Å². The number of ether oxygens (including phenoxy) is 1. The molecule has 0 aliphatic rings. The van der Waals surface area contributed by atoms with Gasteiger partial charge < -0.3 is 30.6 Å². The zero-order chi connectivity index (χ0) is 34.8. The van der Waals surface area contributed by atoms with E-state index >= 15 is 0 Å². The van der Waals surface area contributed by atoms with Crippen LogP contribution in [0.15, 0.2) is 55.0 Å². The number of benzene rings is 2. The molecule has 5 aromatic rings. The quantitative estimate of drug-likeness (QED) is 0.110. The van der Waals surface area contributed by atoms with Gasteiger partial charge in [0.2, 0.25) is 11.9 Å². The van der Waals surface area contributed by atoms with Crippen LogP contribution in [0.3, 0.4) is 0 Å². The second-order valence-electron chi connectivity index (χ2n) is 14.2. The molecule has 0 aliphatic carbocycles. The Bertz CT molecular complexity index is 1940. The van der Waals surface area contributed by atoms with Crippen LogP contribution in [0.25, 0.3) is 10.9 Å². The number of esters is 1. The Morgan fingerprint density at radius 1 is 0.833 bits per heavy atom. The monoisotopic (exact) mass is 649 g/mol. The molecule has 252 valence electrons. The lowest BCUT2D eigenvalue weighted by Gasteiger charge is -2.35. The standard InChI is InChI=1S/C37H47N9O2/c1-22-14-15-29(27-16-17-38-30(22)27)42-32-24(3)21-40-35(44-32)46(37(8,9)10)18-19-48-33(47)26-12-11-13-28(25(26)4)41-31-23(2)20-39-34(43-31)45-36(5,6)7/h11-17,20-21,38H,18-19H2,1-10H3,(H,40,42,44)(H2,39,41,43,45). The van der Waals surface area contributed by atoms with Gasteiger partial charge in [-0.1, -0.05) is 12.1 Å². The molecule has 0 atom stereocenters. The summed E-state index contributed by atoms with van der Waals surface area (Å²) in [5.41, 5.74) is 6.53. The minimum atomic E-state index is -0.401. The molecule has 48 heavy (non-hydrogen) atoms.